The average Bonchev–Trinajstić information content (AvgIpc) is 3.18. The molecule has 5 nitrogen and oxygen atoms in total. The lowest BCUT2D eigenvalue weighted by Gasteiger charge is -2.18. The van der Waals surface area contributed by atoms with Crippen LogP contribution in [0.5, 0.6) is 11.5 Å². The second kappa shape index (κ2) is 6.16. The monoisotopic (exact) mass is 304 g/mol. The Bertz CT molecular complexity index is 567. The fourth-order valence-corrected chi connectivity index (χ4v) is 2.98. The molecule has 1 unspecified atom stereocenters. The molecule has 1 atom stereocenters. The first kappa shape index (κ1) is 15.2. The number of hydrogen-bond donors (Lipinski definition) is 1. The summed E-state index contributed by atoms with van der Waals surface area (Å²) in [6.45, 7) is 2.42. The molecule has 1 aliphatic heterocycles. The maximum atomic E-state index is 6.13. The van der Waals surface area contributed by atoms with E-state index < -0.39 is 5.60 Å². The van der Waals surface area contributed by atoms with Crippen molar-refractivity contribution in [3.8, 4) is 11.5 Å². The SMILES string of the molecule is COc1ccc(C2=NOC(C)(CN)C2)cc1OC1CCCC1. The molecule has 22 heavy (non-hydrogen) atoms. The van der Waals surface area contributed by atoms with E-state index in [0.717, 1.165) is 35.6 Å². The summed E-state index contributed by atoms with van der Waals surface area (Å²) in [5.41, 5.74) is 7.26. The predicted octanol–water partition coefficient (Wildman–Crippen LogP) is 2.86. The van der Waals surface area contributed by atoms with Gasteiger partial charge in [-0.2, -0.15) is 0 Å². The van der Waals surface area contributed by atoms with E-state index in [1.54, 1.807) is 7.11 Å². The third-order valence-corrected chi connectivity index (χ3v) is 4.44. The summed E-state index contributed by atoms with van der Waals surface area (Å²) in [4.78, 5) is 5.48. The van der Waals surface area contributed by atoms with E-state index in [0.29, 0.717) is 19.1 Å². The van der Waals surface area contributed by atoms with Gasteiger partial charge in [0.25, 0.3) is 0 Å². The lowest BCUT2D eigenvalue weighted by atomic mass is 9.96. The van der Waals surface area contributed by atoms with Gasteiger partial charge >= 0.3 is 0 Å². The number of nitrogens with zero attached hydrogens (tertiary/aromatic N) is 1. The van der Waals surface area contributed by atoms with E-state index in [-0.39, 0.29) is 0 Å². The number of nitrogens with two attached hydrogens (primary N) is 1. The van der Waals surface area contributed by atoms with Crippen molar-refractivity contribution in [2.24, 2.45) is 10.9 Å². The molecule has 1 heterocycles. The van der Waals surface area contributed by atoms with E-state index in [1.807, 2.05) is 25.1 Å². The Morgan fingerprint density at radius 3 is 2.73 bits per heavy atom. The first-order valence-electron chi connectivity index (χ1n) is 7.94. The van der Waals surface area contributed by atoms with Gasteiger partial charge in [0.05, 0.1) is 18.9 Å². The highest BCUT2D eigenvalue weighted by molar-refractivity contribution is 6.02. The van der Waals surface area contributed by atoms with Crippen LogP contribution >= 0.6 is 0 Å². The van der Waals surface area contributed by atoms with Crippen LogP contribution in [0.1, 0.15) is 44.6 Å². The quantitative estimate of drug-likeness (QED) is 0.908. The van der Waals surface area contributed by atoms with Crippen molar-refractivity contribution in [1.29, 1.82) is 0 Å². The molecular weight excluding hydrogens is 280 g/mol. The Morgan fingerprint density at radius 1 is 1.32 bits per heavy atom. The first-order chi connectivity index (χ1) is 10.6. The van der Waals surface area contributed by atoms with Gasteiger partial charge in [0.2, 0.25) is 0 Å². The number of methoxy groups -OCH3 is 1. The Kier molecular flexibility index (Phi) is 4.25. The topological polar surface area (TPSA) is 66.1 Å². The molecule has 120 valence electrons. The molecular formula is C17H24N2O3. The summed E-state index contributed by atoms with van der Waals surface area (Å²) in [5, 5.41) is 4.20. The van der Waals surface area contributed by atoms with Gasteiger partial charge in [-0.15, -0.1) is 0 Å². The Morgan fingerprint density at radius 2 is 2.09 bits per heavy atom. The lowest BCUT2D eigenvalue weighted by Crippen LogP contribution is -2.34. The molecule has 1 aromatic rings. The van der Waals surface area contributed by atoms with Gasteiger partial charge in [0.15, 0.2) is 17.1 Å². The largest absolute Gasteiger partial charge is 0.493 e. The third kappa shape index (κ3) is 3.04. The van der Waals surface area contributed by atoms with Crippen LogP contribution in [0.3, 0.4) is 0 Å². The third-order valence-electron chi connectivity index (χ3n) is 4.44. The van der Waals surface area contributed by atoms with Gasteiger partial charge in [-0.25, -0.2) is 0 Å². The molecule has 5 heteroatoms. The molecule has 2 aliphatic rings. The fourth-order valence-electron chi connectivity index (χ4n) is 2.98. The molecule has 0 radical (unpaired) electrons. The van der Waals surface area contributed by atoms with Gasteiger partial charge in [-0.1, -0.05) is 5.16 Å². The van der Waals surface area contributed by atoms with Crippen molar-refractivity contribution in [2.75, 3.05) is 13.7 Å². The molecule has 0 saturated heterocycles. The maximum Gasteiger partial charge on any atom is 0.162 e. The molecule has 1 fully saturated rings. The zero-order valence-electron chi connectivity index (χ0n) is 13.3. The summed E-state index contributed by atoms with van der Waals surface area (Å²) >= 11 is 0. The number of benzene rings is 1. The van der Waals surface area contributed by atoms with Crippen molar-refractivity contribution < 1.29 is 14.3 Å². The summed E-state index contributed by atoms with van der Waals surface area (Å²) in [5.74, 6) is 1.55. The second-order valence-electron chi connectivity index (χ2n) is 6.35. The zero-order valence-corrected chi connectivity index (χ0v) is 13.3. The fraction of sp³-hybridized carbons (Fsp3) is 0.588. The van der Waals surface area contributed by atoms with Gasteiger partial charge in [0, 0.05) is 18.5 Å². The minimum atomic E-state index is -0.401. The van der Waals surface area contributed by atoms with E-state index in [2.05, 4.69) is 5.16 Å². The highest BCUT2D eigenvalue weighted by atomic mass is 16.7. The Balaban J connectivity index is 1.81. The van der Waals surface area contributed by atoms with Crippen LogP contribution in [0, 0.1) is 0 Å². The van der Waals surface area contributed by atoms with Crippen LogP contribution < -0.4 is 15.2 Å². The van der Waals surface area contributed by atoms with Crippen LogP contribution in [0.4, 0.5) is 0 Å². The number of oxime groups is 1. The highest BCUT2D eigenvalue weighted by Crippen LogP contribution is 2.34. The normalized spacial score (nSPS) is 25.0. The standard InChI is InChI=1S/C17H24N2O3/c1-17(11-18)10-14(19-22-17)12-7-8-15(20-2)16(9-12)21-13-5-3-4-6-13/h7-9,13H,3-6,10-11,18H2,1-2H3. The molecule has 1 aromatic carbocycles. The smallest absolute Gasteiger partial charge is 0.162 e. The molecule has 1 saturated carbocycles. The Hall–Kier alpha value is -1.75. The van der Waals surface area contributed by atoms with Crippen LogP contribution in [-0.2, 0) is 4.84 Å². The minimum Gasteiger partial charge on any atom is -0.493 e. The first-order valence-corrected chi connectivity index (χ1v) is 7.94. The van der Waals surface area contributed by atoms with Crippen LogP contribution in [0.2, 0.25) is 0 Å². The molecule has 0 aromatic heterocycles. The number of ether oxygens (including phenoxy) is 2. The molecule has 3 rings (SSSR count). The predicted molar refractivity (Wildman–Crippen MR) is 85.6 cm³/mol. The summed E-state index contributed by atoms with van der Waals surface area (Å²) in [7, 11) is 1.66. The van der Waals surface area contributed by atoms with Crippen LogP contribution in [0.15, 0.2) is 23.4 Å². The summed E-state index contributed by atoms with van der Waals surface area (Å²) in [6, 6.07) is 5.92. The van der Waals surface area contributed by atoms with Crippen molar-refractivity contribution >= 4 is 5.71 Å². The minimum absolute atomic E-state index is 0.292. The zero-order chi connectivity index (χ0) is 15.6. The van der Waals surface area contributed by atoms with Crippen LogP contribution in [0.25, 0.3) is 0 Å². The molecule has 0 amide bonds. The second-order valence-corrected chi connectivity index (χ2v) is 6.35. The Labute approximate surface area is 131 Å². The van der Waals surface area contributed by atoms with Gasteiger partial charge < -0.3 is 20.0 Å². The van der Waals surface area contributed by atoms with Crippen molar-refractivity contribution in [2.45, 2.75) is 50.7 Å². The number of rotatable bonds is 5. The van der Waals surface area contributed by atoms with Crippen molar-refractivity contribution in [3.05, 3.63) is 23.8 Å². The highest BCUT2D eigenvalue weighted by Gasteiger charge is 2.33. The molecule has 0 bridgehead atoms. The molecule has 2 N–H and O–H groups in total. The van der Waals surface area contributed by atoms with Gasteiger partial charge in [-0.3, -0.25) is 0 Å². The average molecular weight is 304 g/mol. The van der Waals surface area contributed by atoms with E-state index in [4.69, 9.17) is 20.0 Å². The van der Waals surface area contributed by atoms with E-state index in [9.17, 15) is 0 Å². The van der Waals surface area contributed by atoms with Crippen molar-refractivity contribution in [3.63, 3.8) is 0 Å². The molecule has 1 aliphatic carbocycles. The van der Waals surface area contributed by atoms with Gasteiger partial charge in [-0.05, 0) is 50.8 Å². The number of hydrogen-bond acceptors (Lipinski definition) is 5. The summed E-state index contributed by atoms with van der Waals surface area (Å²) < 4.78 is 11.5. The molecule has 0 spiro atoms. The van der Waals surface area contributed by atoms with E-state index in [1.165, 1.54) is 12.8 Å². The summed E-state index contributed by atoms with van der Waals surface area (Å²) in [6.07, 6.45) is 5.70. The lowest BCUT2D eigenvalue weighted by molar-refractivity contribution is 0.00422. The van der Waals surface area contributed by atoms with Crippen LogP contribution in [-0.4, -0.2) is 31.1 Å². The van der Waals surface area contributed by atoms with Gasteiger partial charge in [0.1, 0.15) is 0 Å². The maximum absolute atomic E-state index is 6.13. The van der Waals surface area contributed by atoms with E-state index >= 15 is 0 Å². The van der Waals surface area contributed by atoms with Crippen molar-refractivity contribution in [1.82, 2.24) is 0 Å².